The second kappa shape index (κ2) is 4.75. The van der Waals surface area contributed by atoms with E-state index in [2.05, 4.69) is 15.5 Å². The third-order valence-corrected chi connectivity index (χ3v) is 2.94. The Bertz CT molecular complexity index is 505. The van der Waals surface area contributed by atoms with Crippen LogP contribution in [0.4, 0.5) is 5.82 Å². The Kier molecular flexibility index (Phi) is 3.33. The Hall–Kier alpha value is -1.55. The highest BCUT2D eigenvalue weighted by molar-refractivity contribution is 6.32. The lowest BCUT2D eigenvalue weighted by Crippen LogP contribution is -2.09. The zero-order valence-corrected chi connectivity index (χ0v) is 10.7. The number of nitrogens with one attached hydrogen (secondary N) is 1. The van der Waals surface area contributed by atoms with Crippen LogP contribution in [0.2, 0.25) is 5.02 Å². The largest absolute Gasteiger partial charge is 0.362 e. The van der Waals surface area contributed by atoms with Crippen molar-refractivity contribution in [1.29, 1.82) is 0 Å². The molecule has 0 aliphatic heterocycles. The van der Waals surface area contributed by atoms with E-state index in [-0.39, 0.29) is 6.04 Å². The molecular weight excluding hydrogens is 238 g/mol. The fraction of sp³-hybridized carbons (Fsp3) is 0.333. The minimum Gasteiger partial charge on any atom is -0.362 e. The highest BCUT2D eigenvalue weighted by Crippen LogP contribution is 2.27. The van der Waals surface area contributed by atoms with E-state index in [9.17, 15) is 0 Å². The van der Waals surface area contributed by atoms with Gasteiger partial charge in [0.2, 0.25) is 0 Å². The first-order valence-electron chi connectivity index (χ1n) is 5.39. The topological polar surface area (TPSA) is 51.0 Å². The first-order chi connectivity index (χ1) is 8.09. The van der Waals surface area contributed by atoms with Gasteiger partial charge in [-0.05, 0) is 32.9 Å². The second-order valence-electron chi connectivity index (χ2n) is 3.94. The van der Waals surface area contributed by atoms with Gasteiger partial charge in [0.25, 0.3) is 0 Å². The molecule has 2 rings (SSSR count). The zero-order chi connectivity index (χ0) is 12.4. The number of nitrogens with zero attached hydrogens (tertiary/aromatic N) is 2. The highest BCUT2D eigenvalue weighted by Gasteiger charge is 2.17. The summed E-state index contributed by atoms with van der Waals surface area (Å²) in [6.07, 6.45) is 1.70. The van der Waals surface area contributed by atoms with Gasteiger partial charge in [-0.3, -0.25) is 0 Å². The predicted octanol–water partition coefficient (Wildman–Crippen LogP) is 3.51. The van der Waals surface area contributed by atoms with Crippen LogP contribution in [0.5, 0.6) is 0 Å². The first kappa shape index (κ1) is 11.9. The number of hydrogen-bond acceptors (Lipinski definition) is 4. The van der Waals surface area contributed by atoms with Gasteiger partial charge >= 0.3 is 0 Å². The van der Waals surface area contributed by atoms with Gasteiger partial charge in [0.1, 0.15) is 11.6 Å². The Morgan fingerprint density at radius 2 is 2.18 bits per heavy atom. The van der Waals surface area contributed by atoms with Gasteiger partial charge in [-0.1, -0.05) is 16.8 Å². The minimum absolute atomic E-state index is 0.0497. The van der Waals surface area contributed by atoms with Crippen LogP contribution in [0.1, 0.15) is 30.0 Å². The molecule has 0 aromatic carbocycles. The van der Waals surface area contributed by atoms with Gasteiger partial charge in [0.05, 0.1) is 16.8 Å². The fourth-order valence-electron chi connectivity index (χ4n) is 1.88. The van der Waals surface area contributed by atoms with Gasteiger partial charge < -0.3 is 9.84 Å². The molecule has 2 aromatic heterocycles. The number of aryl methyl sites for hydroxylation is 2. The molecule has 0 saturated carbocycles. The maximum atomic E-state index is 6.05. The van der Waals surface area contributed by atoms with Gasteiger partial charge in [-0.15, -0.1) is 0 Å². The quantitative estimate of drug-likeness (QED) is 0.907. The Labute approximate surface area is 105 Å². The van der Waals surface area contributed by atoms with Crippen LogP contribution in [0.3, 0.4) is 0 Å². The normalized spacial score (nSPS) is 12.5. The van der Waals surface area contributed by atoms with E-state index in [0.29, 0.717) is 10.8 Å². The standard InChI is InChI=1S/C12H14ClN3O/c1-7(11-8(2)16-17-9(11)3)15-12-10(13)5-4-6-14-12/h4-7H,1-3H3,(H,14,15). The average Bonchev–Trinajstić information content (AvgIpc) is 2.62. The van der Waals surface area contributed by atoms with Crippen molar-refractivity contribution in [2.45, 2.75) is 26.8 Å². The van der Waals surface area contributed by atoms with Crippen molar-refractivity contribution in [3.63, 3.8) is 0 Å². The lowest BCUT2D eigenvalue weighted by Gasteiger charge is -2.15. The van der Waals surface area contributed by atoms with Crippen molar-refractivity contribution in [2.75, 3.05) is 5.32 Å². The molecule has 2 heterocycles. The van der Waals surface area contributed by atoms with Gasteiger partial charge in [0, 0.05) is 11.8 Å². The molecule has 0 fully saturated rings. The van der Waals surface area contributed by atoms with Crippen molar-refractivity contribution in [3.05, 3.63) is 40.4 Å². The Morgan fingerprint density at radius 1 is 1.41 bits per heavy atom. The van der Waals surface area contributed by atoms with E-state index in [0.717, 1.165) is 17.0 Å². The smallest absolute Gasteiger partial charge is 0.145 e. The predicted molar refractivity (Wildman–Crippen MR) is 67.3 cm³/mol. The summed E-state index contributed by atoms with van der Waals surface area (Å²) >= 11 is 6.05. The van der Waals surface area contributed by atoms with Crippen LogP contribution in [0, 0.1) is 13.8 Å². The summed E-state index contributed by atoms with van der Waals surface area (Å²) in [5.41, 5.74) is 1.93. The molecule has 0 aliphatic carbocycles. The molecule has 17 heavy (non-hydrogen) atoms. The molecule has 0 aliphatic rings. The molecule has 4 nitrogen and oxygen atoms in total. The first-order valence-corrected chi connectivity index (χ1v) is 5.77. The number of rotatable bonds is 3. The Morgan fingerprint density at radius 3 is 2.76 bits per heavy atom. The van der Waals surface area contributed by atoms with Crippen LogP contribution >= 0.6 is 11.6 Å². The van der Waals surface area contributed by atoms with E-state index >= 15 is 0 Å². The van der Waals surface area contributed by atoms with Crippen molar-refractivity contribution in [3.8, 4) is 0 Å². The molecule has 2 aromatic rings. The van der Waals surface area contributed by atoms with Crippen LogP contribution in [-0.2, 0) is 0 Å². The second-order valence-corrected chi connectivity index (χ2v) is 4.34. The zero-order valence-electron chi connectivity index (χ0n) is 9.99. The van der Waals surface area contributed by atoms with Crippen LogP contribution in [-0.4, -0.2) is 10.1 Å². The minimum atomic E-state index is 0.0497. The van der Waals surface area contributed by atoms with Crippen molar-refractivity contribution in [2.24, 2.45) is 0 Å². The van der Waals surface area contributed by atoms with E-state index in [1.807, 2.05) is 20.8 Å². The third kappa shape index (κ3) is 2.42. The van der Waals surface area contributed by atoms with Crippen LogP contribution in [0.15, 0.2) is 22.9 Å². The maximum absolute atomic E-state index is 6.05. The molecule has 0 spiro atoms. The summed E-state index contributed by atoms with van der Waals surface area (Å²) in [5.74, 6) is 1.48. The summed E-state index contributed by atoms with van der Waals surface area (Å²) in [4.78, 5) is 4.19. The molecule has 0 radical (unpaired) electrons. The lowest BCUT2D eigenvalue weighted by atomic mass is 10.1. The molecule has 0 saturated heterocycles. The van der Waals surface area contributed by atoms with Gasteiger partial charge in [-0.2, -0.15) is 0 Å². The van der Waals surface area contributed by atoms with Crippen LogP contribution in [0.25, 0.3) is 0 Å². The summed E-state index contributed by atoms with van der Waals surface area (Å²) < 4.78 is 5.14. The molecular formula is C12H14ClN3O. The number of halogens is 1. The van der Waals surface area contributed by atoms with Gasteiger partial charge in [-0.25, -0.2) is 4.98 Å². The number of aromatic nitrogens is 2. The molecule has 0 amide bonds. The highest BCUT2D eigenvalue weighted by atomic mass is 35.5. The number of anilines is 1. The summed E-state index contributed by atoms with van der Waals surface area (Å²) in [7, 11) is 0. The SMILES string of the molecule is Cc1noc(C)c1C(C)Nc1ncccc1Cl. The monoisotopic (exact) mass is 251 g/mol. The summed E-state index contributed by atoms with van der Waals surface area (Å²) in [5, 5.41) is 7.79. The Balaban J connectivity index is 2.23. The lowest BCUT2D eigenvalue weighted by molar-refractivity contribution is 0.392. The number of hydrogen-bond donors (Lipinski definition) is 1. The third-order valence-electron chi connectivity index (χ3n) is 2.63. The van der Waals surface area contributed by atoms with Crippen LogP contribution < -0.4 is 5.32 Å². The molecule has 1 atom stereocenters. The summed E-state index contributed by atoms with van der Waals surface area (Å²) in [6.45, 7) is 5.84. The van der Waals surface area contributed by atoms with E-state index in [4.69, 9.17) is 16.1 Å². The molecule has 5 heteroatoms. The maximum Gasteiger partial charge on any atom is 0.145 e. The van der Waals surface area contributed by atoms with Crippen molar-refractivity contribution >= 4 is 17.4 Å². The number of pyridine rings is 1. The molecule has 0 bridgehead atoms. The van der Waals surface area contributed by atoms with E-state index in [1.54, 1.807) is 18.3 Å². The average molecular weight is 252 g/mol. The van der Waals surface area contributed by atoms with E-state index < -0.39 is 0 Å². The summed E-state index contributed by atoms with van der Waals surface area (Å²) in [6, 6.07) is 3.65. The molecule has 1 N–H and O–H groups in total. The van der Waals surface area contributed by atoms with E-state index in [1.165, 1.54) is 0 Å². The molecule has 90 valence electrons. The van der Waals surface area contributed by atoms with Gasteiger partial charge in [0.15, 0.2) is 0 Å². The van der Waals surface area contributed by atoms with Crippen molar-refractivity contribution in [1.82, 2.24) is 10.1 Å². The fourth-order valence-corrected chi connectivity index (χ4v) is 2.05. The van der Waals surface area contributed by atoms with Crippen molar-refractivity contribution < 1.29 is 4.52 Å². The molecule has 1 unspecified atom stereocenters.